The van der Waals surface area contributed by atoms with Crippen molar-refractivity contribution in [3.8, 4) is 11.5 Å². The molecule has 0 bridgehead atoms. The summed E-state index contributed by atoms with van der Waals surface area (Å²) in [5.41, 5.74) is 3.09. The lowest BCUT2D eigenvalue weighted by atomic mass is 10.1. The van der Waals surface area contributed by atoms with Crippen molar-refractivity contribution in [3.05, 3.63) is 94.0 Å². The van der Waals surface area contributed by atoms with Crippen molar-refractivity contribution < 1.29 is 14.0 Å². The Balaban J connectivity index is 1.53. The maximum absolute atomic E-state index is 12.6. The fourth-order valence-corrected chi connectivity index (χ4v) is 3.57. The molecule has 2 N–H and O–H groups in total. The van der Waals surface area contributed by atoms with E-state index in [0.717, 1.165) is 0 Å². The summed E-state index contributed by atoms with van der Waals surface area (Å²) < 4.78 is 5.84. The molecule has 0 unspecified atom stereocenters. The number of para-hydroxylation sites is 1. The molecule has 0 radical (unpaired) electrons. The highest BCUT2D eigenvalue weighted by Gasteiger charge is 2.17. The number of carbonyl (C=O) groups excluding carboxylic acids is 2. The van der Waals surface area contributed by atoms with Crippen molar-refractivity contribution >= 4 is 28.8 Å². The fourth-order valence-electron chi connectivity index (χ4n) is 2.93. The number of rotatable bonds is 6. The molecule has 2 heterocycles. The lowest BCUT2D eigenvalue weighted by Gasteiger charge is -2.08. The molecule has 2 aromatic carbocycles. The molecule has 2 amide bonds. The first kappa shape index (κ1) is 19.6. The molecule has 6 nitrogen and oxygen atoms in total. The number of amides is 2. The summed E-state index contributed by atoms with van der Waals surface area (Å²) in [6, 6.07) is 18.1. The zero-order chi connectivity index (χ0) is 20.9. The van der Waals surface area contributed by atoms with Crippen LogP contribution in [0, 0.1) is 6.92 Å². The van der Waals surface area contributed by atoms with Gasteiger partial charge in [0, 0.05) is 16.5 Å². The molecule has 0 atom stereocenters. The van der Waals surface area contributed by atoms with Crippen LogP contribution in [0.2, 0.25) is 0 Å². The normalized spacial score (nSPS) is 10.6. The van der Waals surface area contributed by atoms with Crippen LogP contribution in [0.1, 0.15) is 32.2 Å². The third-order valence-electron chi connectivity index (χ3n) is 4.53. The number of anilines is 1. The summed E-state index contributed by atoms with van der Waals surface area (Å²) >= 11 is 1.47. The molecule has 7 heteroatoms. The topological polar surface area (TPSA) is 84.2 Å². The van der Waals surface area contributed by atoms with Gasteiger partial charge in [-0.05, 0) is 42.6 Å². The molecule has 0 saturated carbocycles. The summed E-state index contributed by atoms with van der Waals surface area (Å²) in [5.74, 6) is 0.626. The van der Waals surface area contributed by atoms with Gasteiger partial charge in [-0.2, -0.15) is 11.3 Å². The fraction of sp³-hybridized carbons (Fsp3) is 0.0870. The molecule has 4 aromatic rings. The number of nitrogens with one attached hydrogen (secondary N) is 2. The SMILES string of the molecule is Cc1oc(-c2ccccc2NC(=O)c2ccccc2)nc1CNC(=O)c1ccsc1. The van der Waals surface area contributed by atoms with Gasteiger partial charge in [0.05, 0.1) is 17.8 Å². The van der Waals surface area contributed by atoms with Crippen molar-refractivity contribution in [2.45, 2.75) is 13.5 Å². The predicted molar refractivity (Wildman–Crippen MR) is 117 cm³/mol. The van der Waals surface area contributed by atoms with E-state index in [4.69, 9.17) is 4.42 Å². The van der Waals surface area contributed by atoms with E-state index in [-0.39, 0.29) is 18.4 Å². The molecular formula is C23H19N3O3S. The summed E-state index contributed by atoms with van der Waals surface area (Å²) in [4.78, 5) is 29.3. The van der Waals surface area contributed by atoms with E-state index < -0.39 is 0 Å². The summed E-state index contributed by atoms with van der Waals surface area (Å²) in [7, 11) is 0. The lowest BCUT2D eigenvalue weighted by molar-refractivity contribution is 0.0950. The third-order valence-corrected chi connectivity index (χ3v) is 5.22. The summed E-state index contributed by atoms with van der Waals surface area (Å²) in [5, 5.41) is 9.42. The van der Waals surface area contributed by atoms with Gasteiger partial charge in [-0.3, -0.25) is 9.59 Å². The molecule has 0 aliphatic carbocycles. The number of nitrogens with zero attached hydrogens (tertiary/aromatic N) is 1. The standard InChI is InChI=1S/C23H19N3O3S/c1-15-20(13-24-21(27)17-11-12-30-14-17)26-23(29-15)18-9-5-6-10-19(18)25-22(28)16-7-3-2-4-8-16/h2-12,14H,13H2,1H3,(H,24,27)(H,25,28). The van der Waals surface area contributed by atoms with Crippen molar-refractivity contribution in [1.29, 1.82) is 0 Å². The number of oxazole rings is 1. The zero-order valence-corrected chi connectivity index (χ0v) is 17.0. The Kier molecular flexibility index (Phi) is 5.72. The zero-order valence-electron chi connectivity index (χ0n) is 16.2. The monoisotopic (exact) mass is 417 g/mol. The van der Waals surface area contributed by atoms with Crippen LogP contribution in [-0.2, 0) is 6.54 Å². The molecule has 0 aliphatic heterocycles. The van der Waals surface area contributed by atoms with Crippen LogP contribution in [-0.4, -0.2) is 16.8 Å². The average molecular weight is 417 g/mol. The van der Waals surface area contributed by atoms with E-state index in [2.05, 4.69) is 15.6 Å². The molecule has 0 saturated heterocycles. The van der Waals surface area contributed by atoms with Crippen LogP contribution in [0.15, 0.2) is 75.8 Å². The van der Waals surface area contributed by atoms with Crippen LogP contribution in [0.25, 0.3) is 11.5 Å². The van der Waals surface area contributed by atoms with Gasteiger partial charge in [0.25, 0.3) is 11.8 Å². The van der Waals surface area contributed by atoms with Crippen molar-refractivity contribution in [2.75, 3.05) is 5.32 Å². The lowest BCUT2D eigenvalue weighted by Crippen LogP contribution is -2.22. The van der Waals surface area contributed by atoms with Gasteiger partial charge in [-0.25, -0.2) is 4.98 Å². The number of aromatic nitrogens is 1. The maximum Gasteiger partial charge on any atom is 0.255 e. The molecule has 2 aromatic heterocycles. The van der Waals surface area contributed by atoms with Crippen LogP contribution < -0.4 is 10.6 Å². The van der Waals surface area contributed by atoms with E-state index in [1.807, 2.05) is 41.8 Å². The average Bonchev–Trinajstić information content (AvgIpc) is 3.43. The van der Waals surface area contributed by atoms with Crippen molar-refractivity contribution in [3.63, 3.8) is 0 Å². The van der Waals surface area contributed by atoms with E-state index in [1.165, 1.54) is 11.3 Å². The number of carbonyl (C=O) groups is 2. The highest BCUT2D eigenvalue weighted by Crippen LogP contribution is 2.29. The van der Waals surface area contributed by atoms with Crippen molar-refractivity contribution in [1.82, 2.24) is 10.3 Å². The third kappa shape index (κ3) is 4.31. The van der Waals surface area contributed by atoms with Gasteiger partial charge in [-0.15, -0.1) is 0 Å². The minimum absolute atomic E-state index is 0.157. The Labute approximate surface area is 177 Å². The Bertz CT molecular complexity index is 1170. The Morgan fingerprint density at radius 3 is 2.50 bits per heavy atom. The van der Waals surface area contributed by atoms with E-state index >= 15 is 0 Å². The minimum Gasteiger partial charge on any atom is -0.441 e. The number of aryl methyl sites for hydroxylation is 1. The maximum atomic E-state index is 12.6. The first-order chi connectivity index (χ1) is 14.6. The first-order valence-corrected chi connectivity index (χ1v) is 10.3. The smallest absolute Gasteiger partial charge is 0.255 e. The van der Waals surface area contributed by atoms with Crippen molar-refractivity contribution in [2.24, 2.45) is 0 Å². The first-order valence-electron chi connectivity index (χ1n) is 9.34. The minimum atomic E-state index is -0.213. The highest BCUT2D eigenvalue weighted by atomic mass is 32.1. The van der Waals surface area contributed by atoms with Gasteiger partial charge in [-0.1, -0.05) is 30.3 Å². The van der Waals surface area contributed by atoms with Gasteiger partial charge in [0.2, 0.25) is 5.89 Å². The van der Waals surface area contributed by atoms with Gasteiger partial charge in [0.1, 0.15) is 11.5 Å². The van der Waals surface area contributed by atoms with Crippen LogP contribution >= 0.6 is 11.3 Å². The largest absolute Gasteiger partial charge is 0.441 e. The second-order valence-electron chi connectivity index (χ2n) is 6.58. The van der Waals surface area contributed by atoms with E-state index in [9.17, 15) is 9.59 Å². The number of hydrogen-bond acceptors (Lipinski definition) is 5. The molecular weight excluding hydrogens is 398 g/mol. The predicted octanol–water partition coefficient (Wildman–Crippen LogP) is 4.89. The molecule has 0 fully saturated rings. The van der Waals surface area contributed by atoms with Gasteiger partial charge in [0.15, 0.2) is 0 Å². The second-order valence-corrected chi connectivity index (χ2v) is 7.36. The van der Waals surface area contributed by atoms with Crippen LogP contribution in [0.5, 0.6) is 0 Å². The Morgan fingerprint density at radius 2 is 1.73 bits per heavy atom. The molecule has 0 aliphatic rings. The van der Waals surface area contributed by atoms with Gasteiger partial charge >= 0.3 is 0 Å². The molecule has 0 spiro atoms. The van der Waals surface area contributed by atoms with Crippen LogP contribution in [0.3, 0.4) is 0 Å². The molecule has 150 valence electrons. The quantitative estimate of drug-likeness (QED) is 0.468. The number of benzene rings is 2. The summed E-state index contributed by atoms with van der Waals surface area (Å²) in [6.07, 6.45) is 0. The van der Waals surface area contributed by atoms with Gasteiger partial charge < -0.3 is 15.1 Å². The van der Waals surface area contributed by atoms with E-state index in [0.29, 0.717) is 39.7 Å². The Morgan fingerprint density at radius 1 is 0.967 bits per heavy atom. The molecule has 4 rings (SSSR count). The number of thiophene rings is 1. The van der Waals surface area contributed by atoms with Crippen LogP contribution in [0.4, 0.5) is 5.69 Å². The highest BCUT2D eigenvalue weighted by molar-refractivity contribution is 7.08. The van der Waals surface area contributed by atoms with E-state index in [1.54, 1.807) is 36.6 Å². The summed E-state index contributed by atoms with van der Waals surface area (Å²) in [6.45, 7) is 2.05. The second kappa shape index (κ2) is 8.75. The number of hydrogen-bond donors (Lipinski definition) is 2. The molecule has 30 heavy (non-hydrogen) atoms. The Hall–Kier alpha value is -3.71.